The van der Waals surface area contributed by atoms with Crippen molar-refractivity contribution in [2.45, 2.75) is 45.8 Å². The van der Waals surface area contributed by atoms with Crippen LogP contribution in [0.3, 0.4) is 0 Å². The zero-order valence-corrected chi connectivity index (χ0v) is 18.2. The van der Waals surface area contributed by atoms with Gasteiger partial charge in [-0.05, 0) is 46.5 Å². The maximum Gasteiger partial charge on any atom is 0.128 e. The van der Waals surface area contributed by atoms with E-state index in [4.69, 9.17) is 9.72 Å². The van der Waals surface area contributed by atoms with Crippen LogP contribution in [0.2, 0.25) is 19.6 Å². The lowest BCUT2D eigenvalue weighted by Gasteiger charge is -2.29. The van der Waals surface area contributed by atoms with Gasteiger partial charge < -0.3 is 4.74 Å². The molecular formula is C24H29NOSi. The van der Waals surface area contributed by atoms with Crippen LogP contribution in [0.5, 0.6) is 11.5 Å². The highest BCUT2D eigenvalue weighted by Crippen LogP contribution is 2.30. The summed E-state index contributed by atoms with van der Waals surface area (Å²) in [4.78, 5) is 4.82. The van der Waals surface area contributed by atoms with E-state index in [1.54, 1.807) is 0 Å². The van der Waals surface area contributed by atoms with E-state index in [-0.39, 0.29) is 5.41 Å². The molecular weight excluding hydrogens is 346 g/mol. The van der Waals surface area contributed by atoms with Crippen molar-refractivity contribution in [1.82, 2.24) is 4.98 Å². The average molecular weight is 376 g/mol. The minimum Gasteiger partial charge on any atom is -0.457 e. The summed E-state index contributed by atoms with van der Waals surface area (Å²) >= 11 is 0. The van der Waals surface area contributed by atoms with E-state index in [1.165, 1.54) is 10.8 Å². The second-order valence-electron chi connectivity index (χ2n) is 9.06. The van der Waals surface area contributed by atoms with E-state index in [1.807, 2.05) is 42.5 Å². The number of para-hydroxylation sites is 1. The van der Waals surface area contributed by atoms with Crippen LogP contribution in [0.15, 0.2) is 66.9 Å². The zero-order valence-electron chi connectivity index (χ0n) is 17.2. The lowest BCUT2D eigenvalue weighted by molar-refractivity contribution is 0.483. The largest absolute Gasteiger partial charge is 0.457 e. The van der Waals surface area contributed by atoms with Crippen molar-refractivity contribution in [2.75, 3.05) is 0 Å². The molecule has 0 aliphatic carbocycles. The van der Waals surface area contributed by atoms with E-state index in [0.717, 1.165) is 22.8 Å². The number of hydrogen-bond donors (Lipinski definition) is 0. The van der Waals surface area contributed by atoms with Crippen LogP contribution in [0.4, 0.5) is 0 Å². The van der Waals surface area contributed by atoms with Crippen LogP contribution in [-0.4, -0.2) is 13.1 Å². The van der Waals surface area contributed by atoms with Gasteiger partial charge in [-0.2, -0.15) is 0 Å². The Morgan fingerprint density at radius 1 is 0.815 bits per heavy atom. The van der Waals surface area contributed by atoms with Crippen LogP contribution in [-0.2, 0) is 5.41 Å². The van der Waals surface area contributed by atoms with Crippen LogP contribution < -0.4 is 9.92 Å². The third-order valence-electron chi connectivity index (χ3n) is 4.63. The highest BCUT2D eigenvalue weighted by atomic mass is 28.3. The van der Waals surface area contributed by atoms with E-state index in [0.29, 0.717) is 0 Å². The molecule has 3 heteroatoms. The van der Waals surface area contributed by atoms with E-state index >= 15 is 0 Å². The van der Waals surface area contributed by atoms with Crippen molar-refractivity contribution in [3.63, 3.8) is 0 Å². The van der Waals surface area contributed by atoms with Gasteiger partial charge in [-0.3, -0.25) is 4.98 Å². The Bertz CT molecular complexity index is 921. The highest BCUT2D eigenvalue weighted by molar-refractivity contribution is 6.89. The van der Waals surface area contributed by atoms with E-state index < -0.39 is 8.07 Å². The summed E-state index contributed by atoms with van der Waals surface area (Å²) in [6.07, 6.45) is 2.10. The summed E-state index contributed by atoms with van der Waals surface area (Å²) in [5.74, 6) is 1.67. The Labute approximate surface area is 164 Å². The standard InChI is InChI=1S/C24H29NOSi/c1-24(2,3)21-16-22(25-17-23(21)27(4,5)6)18-11-10-14-20(15-18)26-19-12-8-7-9-13-19/h7-17H,1-6H3. The zero-order chi connectivity index (χ0) is 19.7. The van der Waals surface area contributed by atoms with Crippen molar-refractivity contribution in [3.05, 3.63) is 72.4 Å². The first-order chi connectivity index (χ1) is 12.6. The molecule has 1 aromatic heterocycles. The first kappa shape index (κ1) is 19.4. The normalized spacial score (nSPS) is 12.1. The lowest BCUT2D eigenvalue weighted by Crippen LogP contribution is -2.43. The van der Waals surface area contributed by atoms with Crippen LogP contribution >= 0.6 is 0 Å². The predicted octanol–water partition coefficient (Wildman–Crippen LogP) is 6.38. The molecule has 0 radical (unpaired) electrons. The van der Waals surface area contributed by atoms with Gasteiger partial charge in [-0.1, -0.05) is 70.7 Å². The number of nitrogens with zero attached hydrogens (tertiary/aromatic N) is 1. The summed E-state index contributed by atoms with van der Waals surface area (Å²) in [5.41, 5.74) is 3.57. The van der Waals surface area contributed by atoms with Crippen molar-refractivity contribution < 1.29 is 4.74 Å². The quantitative estimate of drug-likeness (QED) is 0.493. The number of benzene rings is 2. The predicted molar refractivity (Wildman–Crippen MR) is 118 cm³/mol. The van der Waals surface area contributed by atoms with Crippen LogP contribution in [0.25, 0.3) is 11.3 Å². The number of aromatic nitrogens is 1. The molecule has 0 atom stereocenters. The summed E-state index contributed by atoms with van der Waals surface area (Å²) in [6, 6.07) is 20.3. The van der Waals surface area contributed by atoms with Gasteiger partial charge in [0.15, 0.2) is 0 Å². The molecule has 0 spiro atoms. The Morgan fingerprint density at radius 2 is 1.48 bits per heavy atom. The van der Waals surface area contributed by atoms with Gasteiger partial charge in [0.25, 0.3) is 0 Å². The van der Waals surface area contributed by atoms with Crippen molar-refractivity contribution >= 4 is 13.3 Å². The van der Waals surface area contributed by atoms with Crippen LogP contribution in [0.1, 0.15) is 26.3 Å². The first-order valence-corrected chi connectivity index (χ1v) is 13.0. The molecule has 1 heterocycles. The monoisotopic (exact) mass is 375 g/mol. The third kappa shape index (κ3) is 4.66. The Morgan fingerprint density at radius 3 is 2.11 bits per heavy atom. The topological polar surface area (TPSA) is 22.1 Å². The fraction of sp³-hybridized carbons (Fsp3) is 0.292. The third-order valence-corrected chi connectivity index (χ3v) is 6.64. The number of rotatable bonds is 4. The molecule has 0 saturated carbocycles. The van der Waals surface area contributed by atoms with Gasteiger partial charge in [0.1, 0.15) is 11.5 Å². The first-order valence-electron chi connectivity index (χ1n) is 9.49. The minimum atomic E-state index is -1.46. The molecule has 0 amide bonds. The molecule has 0 unspecified atom stereocenters. The Balaban J connectivity index is 2.00. The maximum atomic E-state index is 6.00. The van der Waals surface area contributed by atoms with Gasteiger partial charge >= 0.3 is 0 Å². The fourth-order valence-electron chi connectivity index (χ4n) is 3.17. The summed E-state index contributed by atoms with van der Waals surface area (Å²) in [6.45, 7) is 14.0. The van der Waals surface area contributed by atoms with Gasteiger partial charge in [-0.25, -0.2) is 0 Å². The van der Waals surface area contributed by atoms with Crippen molar-refractivity contribution in [3.8, 4) is 22.8 Å². The van der Waals surface area contributed by atoms with Crippen molar-refractivity contribution in [1.29, 1.82) is 0 Å². The molecule has 27 heavy (non-hydrogen) atoms. The second-order valence-corrected chi connectivity index (χ2v) is 14.1. The summed E-state index contributed by atoms with van der Waals surface area (Å²) < 4.78 is 6.00. The molecule has 0 bridgehead atoms. The number of hydrogen-bond acceptors (Lipinski definition) is 2. The SMILES string of the molecule is CC(C)(C)c1cc(-c2cccc(Oc3ccccc3)c2)ncc1[Si](C)(C)C. The second kappa shape index (κ2) is 7.32. The Kier molecular flexibility index (Phi) is 5.25. The number of ether oxygens (including phenoxy) is 1. The smallest absolute Gasteiger partial charge is 0.128 e. The molecule has 0 aliphatic heterocycles. The highest BCUT2D eigenvalue weighted by Gasteiger charge is 2.27. The molecule has 2 nitrogen and oxygen atoms in total. The molecule has 0 aliphatic rings. The molecule has 0 saturated heterocycles. The van der Waals surface area contributed by atoms with Gasteiger partial charge in [0.2, 0.25) is 0 Å². The van der Waals surface area contributed by atoms with Crippen LogP contribution in [0, 0.1) is 0 Å². The molecule has 2 aromatic carbocycles. The van der Waals surface area contributed by atoms with Gasteiger partial charge in [0, 0.05) is 11.8 Å². The minimum absolute atomic E-state index is 0.0887. The Hall–Kier alpha value is -2.39. The summed E-state index contributed by atoms with van der Waals surface area (Å²) in [7, 11) is -1.46. The molecule has 0 fully saturated rings. The lowest BCUT2D eigenvalue weighted by atomic mass is 9.86. The van der Waals surface area contributed by atoms with Gasteiger partial charge in [0.05, 0.1) is 13.8 Å². The summed E-state index contributed by atoms with van der Waals surface area (Å²) in [5, 5.41) is 1.44. The maximum absolute atomic E-state index is 6.00. The average Bonchev–Trinajstić information content (AvgIpc) is 2.61. The number of pyridine rings is 1. The molecule has 3 aromatic rings. The molecule has 140 valence electrons. The molecule has 0 N–H and O–H groups in total. The van der Waals surface area contributed by atoms with E-state index in [2.05, 4.69) is 64.8 Å². The van der Waals surface area contributed by atoms with Gasteiger partial charge in [-0.15, -0.1) is 0 Å². The van der Waals surface area contributed by atoms with Crippen molar-refractivity contribution in [2.24, 2.45) is 0 Å². The molecule has 3 rings (SSSR count). The fourth-order valence-corrected chi connectivity index (χ4v) is 4.88. The van der Waals surface area contributed by atoms with E-state index in [9.17, 15) is 0 Å².